The molecule has 4 heteroatoms. The van der Waals surface area contributed by atoms with Crippen molar-refractivity contribution in [1.29, 1.82) is 0 Å². The third-order valence-corrected chi connectivity index (χ3v) is 2.56. The van der Waals surface area contributed by atoms with Gasteiger partial charge in [0.05, 0.1) is 6.26 Å². The lowest BCUT2D eigenvalue weighted by Gasteiger charge is -2.10. The fourth-order valence-corrected chi connectivity index (χ4v) is 1.57. The highest BCUT2D eigenvalue weighted by atomic mass is 16.4. The Morgan fingerprint density at radius 3 is 2.94 bits per heavy atom. The summed E-state index contributed by atoms with van der Waals surface area (Å²) in [6, 6.07) is 4.05. The average Bonchev–Trinajstić information content (AvgIpc) is 2.76. The molecule has 1 aromatic heterocycles. The molecule has 0 saturated carbocycles. The van der Waals surface area contributed by atoms with Crippen LogP contribution in [0.3, 0.4) is 0 Å². The molecule has 1 rings (SSSR count). The van der Waals surface area contributed by atoms with Crippen molar-refractivity contribution in [2.75, 3.05) is 6.54 Å². The Morgan fingerprint density at radius 1 is 1.65 bits per heavy atom. The van der Waals surface area contributed by atoms with Gasteiger partial charge in [0.1, 0.15) is 5.76 Å². The van der Waals surface area contributed by atoms with E-state index < -0.39 is 5.97 Å². The van der Waals surface area contributed by atoms with E-state index in [1.165, 1.54) is 0 Å². The fourth-order valence-electron chi connectivity index (χ4n) is 1.57. The molecule has 0 aliphatic rings. The summed E-state index contributed by atoms with van der Waals surface area (Å²) in [5.41, 5.74) is 0.447. The standard InChI is InChI=1S/C13H19NO3/c1-3-11(13(15)16)6-7-14-10(2)9-12-5-4-8-17-12/h4-6,8,10,14H,3,7,9H2,1-2H3,(H,15,16)/b11-6-. The highest BCUT2D eigenvalue weighted by Gasteiger charge is 2.06. The van der Waals surface area contributed by atoms with Gasteiger partial charge in [-0.2, -0.15) is 0 Å². The normalized spacial score (nSPS) is 13.6. The summed E-state index contributed by atoms with van der Waals surface area (Å²) in [6.07, 6.45) is 4.72. The molecule has 0 aliphatic heterocycles. The van der Waals surface area contributed by atoms with Gasteiger partial charge in [0.2, 0.25) is 0 Å². The van der Waals surface area contributed by atoms with Gasteiger partial charge in [-0.25, -0.2) is 4.79 Å². The molecule has 0 bridgehead atoms. The van der Waals surface area contributed by atoms with Gasteiger partial charge in [-0.05, 0) is 25.5 Å². The number of carbonyl (C=O) groups is 1. The first-order chi connectivity index (χ1) is 8.13. The van der Waals surface area contributed by atoms with E-state index in [4.69, 9.17) is 9.52 Å². The summed E-state index contributed by atoms with van der Waals surface area (Å²) >= 11 is 0. The second kappa shape index (κ2) is 6.91. The molecule has 0 amide bonds. The lowest BCUT2D eigenvalue weighted by molar-refractivity contribution is -0.132. The number of carboxylic acids is 1. The topological polar surface area (TPSA) is 62.5 Å². The third-order valence-electron chi connectivity index (χ3n) is 2.56. The van der Waals surface area contributed by atoms with Crippen LogP contribution < -0.4 is 5.32 Å². The quantitative estimate of drug-likeness (QED) is 0.714. The molecule has 2 N–H and O–H groups in total. The van der Waals surface area contributed by atoms with E-state index in [0.29, 0.717) is 18.5 Å². The minimum atomic E-state index is -0.840. The van der Waals surface area contributed by atoms with Crippen LogP contribution in [-0.2, 0) is 11.2 Å². The van der Waals surface area contributed by atoms with Crippen LogP contribution in [-0.4, -0.2) is 23.7 Å². The summed E-state index contributed by atoms with van der Waals surface area (Å²) in [4.78, 5) is 10.8. The Kier molecular flexibility index (Phi) is 5.49. The first-order valence-electron chi connectivity index (χ1n) is 5.81. The van der Waals surface area contributed by atoms with Crippen LogP contribution in [0.1, 0.15) is 26.0 Å². The van der Waals surface area contributed by atoms with Crippen LogP contribution in [0, 0.1) is 0 Å². The van der Waals surface area contributed by atoms with Crippen molar-refractivity contribution >= 4 is 5.97 Å². The Morgan fingerprint density at radius 2 is 2.41 bits per heavy atom. The van der Waals surface area contributed by atoms with Crippen LogP contribution in [0.15, 0.2) is 34.5 Å². The van der Waals surface area contributed by atoms with Gasteiger partial charge < -0.3 is 14.8 Å². The van der Waals surface area contributed by atoms with Crippen LogP contribution in [0.5, 0.6) is 0 Å². The van der Waals surface area contributed by atoms with Gasteiger partial charge in [0.15, 0.2) is 0 Å². The number of hydrogen-bond acceptors (Lipinski definition) is 3. The summed E-state index contributed by atoms with van der Waals surface area (Å²) < 4.78 is 5.24. The van der Waals surface area contributed by atoms with Crippen molar-refractivity contribution in [2.24, 2.45) is 0 Å². The number of rotatable bonds is 7. The molecule has 1 atom stereocenters. The first kappa shape index (κ1) is 13.5. The van der Waals surface area contributed by atoms with E-state index in [0.717, 1.165) is 12.2 Å². The molecule has 0 fully saturated rings. The number of furan rings is 1. The lowest BCUT2D eigenvalue weighted by atomic mass is 10.1. The first-order valence-corrected chi connectivity index (χ1v) is 5.81. The minimum Gasteiger partial charge on any atom is -0.478 e. The van der Waals surface area contributed by atoms with E-state index in [2.05, 4.69) is 5.32 Å². The smallest absolute Gasteiger partial charge is 0.331 e. The number of aliphatic carboxylic acids is 1. The number of nitrogens with one attached hydrogen (secondary N) is 1. The maximum absolute atomic E-state index is 10.8. The molecule has 0 radical (unpaired) electrons. The highest BCUT2D eigenvalue weighted by Crippen LogP contribution is 2.04. The molecule has 0 aliphatic carbocycles. The Hall–Kier alpha value is -1.55. The zero-order valence-electron chi connectivity index (χ0n) is 10.3. The van der Waals surface area contributed by atoms with Crippen LogP contribution in [0.25, 0.3) is 0 Å². The van der Waals surface area contributed by atoms with Crippen LogP contribution in [0.4, 0.5) is 0 Å². The summed E-state index contributed by atoms with van der Waals surface area (Å²) in [7, 11) is 0. The van der Waals surface area contributed by atoms with E-state index in [-0.39, 0.29) is 6.04 Å². The monoisotopic (exact) mass is 237 g/mol. The summed E-state index contributed by atoms with van der Waals surface area (Å²) in [5.74, 6) is 0.0934. The molecule has 17 heavy (non-hydrogen) atoms. The molecule has 0 aromatic carbocycles. The Balaban J connectivity index is 2.33. The molecule has 1 heterocycles. The molecule has 1 aromatic rings. The van der Waals surface area contributed by atoms with Crippen molar-refractivity contribution in [3.05, 3.63) is 35.8 Å². The molecular weight excluding hydrogens is 218 g/mol. The molecule has 0 saturated heterocycles. The van der Waals surface area contributed by atoms with Gasteiger partial charge in [-0.15, -0.1) is 0 Å². The van der Waals surface area contributed by atoms with Crippen molar-refractivity contribution in [3.8, 4) is 0 Å². The second-order valence-corrected chi connectivity index (χ2v) is 3.98. The van der Waals surface area contributed by atoms with Gasteiger partial charge >= 0.3 is 5.97 Å². The maximum atomic E-state index is 10.8. The molecule has 0 spiro atoms. The van der Waals surface area contributed by atoms with Crippen LogP contribution >= 0.6 is 0 Å². The van der Waals surface area contributed by atoms with Crippen molar-refractivity contribution < 1.29 is 14.3 Å². The fraction of sp³-hybridized carbons (Fsp3) is 0.462. The molecule has 4 nitrogen and oxygen atoms in total. The zero-order chi connectivity index (χ0) is 12.7. The predicted octanol–water partition coefficient (Wildman–Crippen LogP) is 2.22. The van der Waals surface area contributed by atoms with Crippen LogP contribution in [0.2, 0.25) is 0 Å². The third kappa shape index (κ3) is 4.87. The predicted molar refractivity (Wildman–Crippen MR) is 65.9 cm³/mol. The van der Waals surface area contributed by atoms with Crippen molar-refractivity contribution in [3.63, 3.8) is 0 Å². The Bertz CT molecular complexity index is 368. The van der Waals surface area contributed by atoms with Gasteiger partial charge in [-0.1, -0.05) is 13.0 Å². The molecule has 1 unspecified atom stereocenters. The summed E-state index contributed by atoms with van der Waals surface area (Å²) in [5, 5.41) is 12.1. The van der Waals surface area contributed by atoms with Crippen molar-refractivity contribution in [1.82, 2.24) is 5.32 Å². The largest absolute Gasteiger partial charge is 0.478 e. The number of hydrogen-bond donors (Lipinski definition) is 2. The zero-order valence-corrected chi connectivity index (χ0v) is 10.3. The molecule has 94 valence electrons. The SMILES string of the molecule is CC/C(=C/CNC(C)Cc1ccco1)C(=O)O. The van der Waals surface area contributed by atoms with Crippen molar-refractivity contribution in [2.45, 2.75) is 32.7 Å². The lowest BCUT2D eigenvalue weighted by Crippen LogP contribution is -2.28. The van der Waals surface area contributed by atoms with E-state index in [1.807, 2.05) is 26.0 Å². The number of carboxylic acid groups (broad SMARTS) is 1. The molecular formula is C13H19NO3. The summed E-state index contributed by atoms with van der Waals surface area (Å²) in [6.45, 7) is 4.45. The average molecular weight is 237 g/mol. The van der Waals surface area contributed by atoms with Gasteiger partial charge in [-0.3, -0.25) is 0 Å². The van der Waals surface area contributed by atoms with Gasteiger partial charge in [0, 0.05) is 24.6 Å². The maximum Gasteiger partial charge on any atom is 0.331 e. The highest BCUT2D eigenvalue weighted by molar-refractivity contribution is 5.86. The minimum absolute atomic E-state index is 0.254. The van der Waals surface area contributed by atoms with E-state index >= 15 is 0 Å². The Labute approximate surface area is 101 Å². The second-order valence-electron chi connectivity index (χ2n) is 3.98. The van der Waals surface area contributed by atoms with E-state index in [1.54, 1.807) is 12.3 Å². The van der Waals surface area contributed by atoms with E-state index in [9.17, 15) is 4.79 Å². The van der Waals surface area contributed by atoms with Gasteiger partial charge in [0.25, 0.3) is 0 Å².